The molecular formula is C19H21N3O5. The molecule has 0 spiro atoms. The van der Waals surface area contributed by atoms with E-state index in [-0.39, 0.29) is 18.5 Å². The lowest BCUT2D eigenvalue weighted by Crippen LogP contribution is -2.24. The third-order valence-electron chi connectivity index (χ3n) is 3.78. The van der Waals surface area contributed by atoms with Gasteiger partial charge in [-0.25, -0.2) is 4.68 Å². The van der Waals surface area contributed by atoms with Crippen LogP contribution in [0.2, 0.25) is 0 Å². The predicted molar refractivity (Wildman–Crippen MR) is 98.5 cm³/mol. The number of anilines is 1. The van der Waals surface area contributed by atoms with Crippen LogP contribution < -0.4 is 10.1 Å². The van der Waals surface area contributed by atoms with Crippen LogP contribution >= 0.6 is 0 Å². The van der Waals surface area contributed by atoms with Gasteiger partial charge in [-0.2, -0.15) is 5.10 Å². The lowest BCUT2D eigenvalue weighted by Gasteiger charge is -2.16. The molecule has 0 radical (unpaired) electrons. The first-order chi connectivity index (χ1) is 12.8. The van der Waals surface area contributed by atoms with Gasteiger partial charge in [-0.15, -0.1) is 0 Å². The van der Waals surface area contributed by atoms with E-state index in [1.165, 1.54) is 18.0 Å². The van der Waals surface area contributed by atoms with Crippen LogP contribution in [0.25, 0.3) is 11.0 Å². The first-order valence-electron chi connectivity index (χ1n) is 8.35. The average Bonchev–Trinajstić information content (AvgIpc) is 3.24. The number of furan rings is 1. The van der Waals surface area contributed by atoms with Crippen LogP contribution in [-0.4, -0.2) is 28.8 Å². The number of carbonyl (C=O) groups excluding carboxylic acids is 2. The minimum Gasteiger partial charge on any atom is -0.493 e. The van der Waals surface area contributed by atoms with Gasteiger partial charge in [-0.05, 0) is 32.9 Å². The van der Waals surface area contributed by atoms with Gasteiger partial charge < -0.3 is 19.2 Å². The monoisotopic (exact) mass is 371 g/mol. The Bertz CT molecular complexity index is 981. The fraction of sp³-hybridized carbons (Fsp3) is 0.316. The lowest BCUT2D eigenvalue weighted by atomic mass is 9.98. The Kier molecular flexibility index (Phi) is 4.89. The van der Waals surface area contributed by atoms with Crippen molar-refractivity contribution in [2.24, 2.45) is 5.41 Å². The maximum Gasteiger partial charge on any atom is 0.313 e. The maximum absolute atomic E-state index is 12.4. The van der Waals surface area contributed by atoms with Crippen molar-refractivity contribution < 1.29 is 23.5 Å². The first-order valence-corrected chi connectivity index (χ1v) is 8.35. The van der Waals surface area contributed by atoms with Crippen LogP contribution in [0.3, 0.4) is 0 Å². The summed E-state index contributed by atoms with van der Waals surface area (Å²) in [5.41, 5.74) is 0.376. The van der Waals surface area contributed by atoms with Crippen molar-refractivity contribution in [3.8, 4) is 5.75 Å². The smallest absolute Gasteiger partial charge is 0.313 e. The van der Waals surface area contributed by atoms with Crippen LogP contribution in [0.5, 0.6) is 5.75 Å². The van der Waals surface area contributed by atoms with Crippen molar-refractivity contribution in [3.05, 3.63) is 42.4 Å². The molecule has 0 atom stereocenters. The Balaban J connectivity index is 1.67. The van der Waals surface area contributed by atoms with Crippen molar-refractivity contribution in [1.82, 2.24) is 9.78 Å². The normalized spacial score (nSPS) is 11.4. The zero-order valence-electron chi connectivity index (χ0n) is 15.6. The molecule has 8 heteroatoms. The molecule has 1 N–H and O–H groups in total. The van der Waals surface area contributed by atoms with Gasteiger partial charge in [-0.1, -0.05) is 12.1 Å². The van der Waals surface area contributed by atoms with Gasteiger partial charge in [0.2, 0.25) is 0 Å². The highest BCUT2D eigenvalue weighted by Crippen LogP contribution is 2.28. The van der Waals surface area contributed by atoms with E-state index in [0.29, 0.717) is 17.0 Å². The molecule has 0 unspecified atom stereocenters. The van der Waals surface area contributed by atoms with Gasteiger partial charge in [0, 0.05) is 5.39 Å². The van der Waals surface area contributed by atoms with Crippen LogP contribution in [0.15, 0.2) is 41.1 Å². The molecule has 1 amide bonds. The number of esters is 1. The Labute approximate surface area is 156 Å². The molecule has 1 aromatic carbocycles. The van der Waals surface area contributed by atoms with Gasteiger partial charge in [-0.3, -0.25) is 9.59 Å². The number of amides is 1. The molecule has 142 valence electrons. The Morgan fingerprint density at radius 1 is 1.30 bits per heavy atom. The molecule has 0 fully saturated rings. The number of carbonyl (C=O) groups is 2. The predicted octanol–water partition coefficient (Wildman–Crippen LogP) is 3.44. The van der Waals surface area contributed by atoms with Gasteiger partial charge >= 0.3 is 5.97 Å². The molecule has 27 heavy (non-hydrogen) atoms. The number of aromatic nitrogens is 2. The molecule has 8 nitrogen and oxygen atoms in total. The summed E-state index contributed by atoms with van der Waals surface area (Å²) >= 11 is 0. The minimum absolute atomic E-state index is 0.0339. The highest BCUT2D eigenvalue weighted by Gasteiger charge is 2.23. The van der Waals surface area contributed by atoms with Crippen LogP contribution in [0.1, 0.15) is 31.3 Å². The third kappa shape index (κ3) is 4.11. The van der Waals surface area contributed by atoms with E-state index in [0.717, 1.165) is 5.39 Å². The highest BCUT2D eigenvalue weighted by molar-refractivity contribution is 6.05. The summed E-state index contributed by atoms with van der Waals surface area (Å²) in [6.07, 6.45) is 3.03. The van der Waals surface area contributed by atoms with E-state index >= 15 is 0 Å². The summed E-state index contributed by atoms with van der Waals surface area (Å²) in [4.78, 5) is 24.2. The molecule has 0 aliphatic carbocycles. The second-order valence-electron chi connectivity index (χ2n) is 7.02. The number of fused-ring (bicyclic) bond motifs is 1. The van der Waals surface area contributed by atoms with Crippen LogP contribution in [0, 0.1) is 5.41 Å². The van der Waals surface area contributed by atoms with Gasteiger partial charge in [0.1, 0.15) is 0 Å². The van der Waals surface area contributed by atoms with Gasteiger partial charge in [0.15, 0.2) is 23.8 Å². The standard InChI is InChI=1S/C19H21N3O5/c1-19(2,3)18(24)26-11-22-10-13(9-20-22)21-17(23)15-8-12-6-5-7-14(25-4)16(12)27-15/h5-10H,11H2,1-4H3,(H,21,23). The summed E-state index contributed by atoms with van der Waals surface area (Å²) in [7, 11) is 1.54. The fourth-order valence-corrected chi connectivity index (χ4v) is 2.34. The van der Waals surface area contributed by atoms with E-state index in [1.807, 2.05) is 12.1 Å². The van der Waals surface area contributed by atoms with E-state index in [2.05, 4.69) is 10.4 Å². The number of rotatable bonds is 5. The van der Waals surface area contributed by atoms with Crippen molar-refractivity contribution >= 4 is 28.5 Å². The fourth-order valence-electron chi connectivity index (χ4n) is 2.34. The number of hydrogen-bond acceptors (Lipinski definition) is 6. The number of hydrogen-bond donors (Lipinski definition) is 1. The lowest BCUT2D eigenvalue weighted by molar-refractivity contribution is -0.157. The largest absolute Gasteiger partial charge is 0.493 e. The number of methoxy groups -OCH3 is 1. The summed E-state index contributed by atoms with van der Waals surface area (Å²) in [6.45, 7) is 5.28. The van der Waals surface area contributed by atoms with Crippen molar-refractivity contribution in [1.29, 1.82) is 0 Å². The SMILES string of the molecule is COc1cccc2cc(C(=O)Nc3cnn(COC(=O)C(C)(C)C)c3)oc12. The summed E-state index contributed by atoms with van der Waals surface area (Å²) in [6, 6.07) is 7.06. The van der Waals surface area contributed by atoms with E-state index < -0.39 is 11.3 Å². The Hall–Kier alpha value is -3.29. The molecule has 0 saturated heterocycles. The zero-order valence-corrected chi connectivity index (χ0v) is 15.6. The number of benzene rings is 1. The maximum atomic E-state index is 12.4. The molecule has 2 aromatic heterocycles. The van der Waals surface area contributed by atoms with Gasteiger partial charge in [0.25, 0.3) is 5.91 Å². The molecule has 3 rings (SSSR count). The van der Waals surface area contributed by atoms with Crippen LogP contribution in [-0.2, 0) is 16.3 Å². The molecule has 0 saturated carbocycles. The van der Waals surface area contributed by atoms with Crippen molar-refractivity contribution in [2.45, 2.75) is 27.5 Å². The Morgan fingerprint density at radius 2 is 2.07 bits per heavy atom. The van der Waals surface area contributed by atoms with Crippen molar-refractivity contribution in [2.75, 3.05) is 12.4 Å². The average molecular weight is 371 g/mol. The molecular weight excluding hydrogens is 350 g/mol. The molecule has 3 aromatic rings. The van der Waals surface area contributed by atoms with Gasteiger partial charge in [0.05, 0.1) is 30.6 Å². The van der Waals surface area contributed by atoms with Crippen LogP contribution in [0.4, 0.5) is 5.69 Å². The highest BCUT2D eigenvalue weighted by atomic mass is 16.5. The van der Waals surface area contributed by atoms with Crippen molar-refractivity contribution in [3.63, 3.8) is 0 Å². The second-order valence-corrected chi connectivity index (χ2v) is 7.02. The number of para-hydroxylation sites is 1. The number of nitrogens with one attached hydrogen (secondary N) is 1. The second kappa shape index (κ2) is 7.14. The summed E-state index contributed by atoms with van der Waals surface area (Å²) in [5.74, 6) is -0.0410. The molecule has 2 heterocycles. The van der Waals surface area contributed by atoms with E-state index in [4.69, 9.17) is 13.9 Å². The van der Waals surface area contributed by atoms with E-state index in [1.54, 1.807) is 39.1 Å². The summed E-state index contributed by atoms with van der Waals surface area (Å²) in [5, 5.41) is 7.53. The quantitative estimate of drug-likeness (QED) is 0.690. The molecule has 0 bridgehead atoms. The third-order valence-corrected chi connectivity index (χ3v) is 3.78. The Morgan fingerprint density at radius 3 is 2.78 bits per heavy atom. The first kappa shape index (κ1) is 18.5. The minimum atomic E-state index is -0.591. The zero-order chi connectivity index (χ0) is 19.6. The topological polar surface area (TPSA) is 95.6 Å². The number of ether oxygens (including phenoxy) is 2. The number of nitrogens with zero attached hydrogens (tertiary/aromatic N) is 2. The summed E-state index contributed by atoms with van der Waals surface area (Å²) < 4.78 is 17.4. The molecule has 0 aliphatic rings. The molecule has 0 aliphatic heterocycles. The van der Waals surface area contributed by atoms with E-state index in [9.17, 15) is 9.59 Å².